The molecule has 1 amide bonds. The van der Waals surface area contributed by atoms with Crippen molar-refractivity contribution in [3.05, 3.63) is 65.1 Å². The smallest absolute Gasteiger partial charge is 0.269 e. The number of carbonyl (C=O) groups is 1. The van der Waals surface area contributed by atoms with Crippen LogP contribution in [0.15, 0.2) is 64.4 Å². The van der Waals surface area contributed by atoms with E-state index in [1.54, 1.807) is 42.5 Å². The zero-order valence-electron chi connectivity index (χ0n) is 14.6. The van der Waals surface area contributed by atoms with Crippen molar-refractivity contribution in [3.63, 3.8) is 0 Å². The zero-order valence-corrected chi connectivity index (χ0v) is 15.5. The number of amides is 1. The fourth-order valence-corrected chi connectivity index (χ4v) is 5.10. The van der Waals surface area contributed by atoms with Crippen LogP contribution in [0.25, 0.3) is 5.70 Å². The summed E-state index contributed by atoms with van der Waals surface area (Å²) in [4.78, 5) is 12.8. The van der Waals surface area contributed by atoms with Gasteiger partial charge in [-0.3, -0.25) is 4.79 Å². The van der Waals surface area contributed by atoms with Crippen molar-refractivity contribution in [1.82, 2.24) is 5.32 Å². The minimum absolute atomic E-state index is 0.0198. The molecule has 2 N–H and O–H groups in total. The van der Waals surface area contributed by atoms with E-state index in [9.17, 15) is 13.2 Å². The van der Waals surface area contributed by atoms with Gasteiger partial charge in [-0.1, -0.05) is 36.4 Å². The SMILES string of the molecule is O=C(Nc1ccccc1)C1=C(NC[C@@H]2CCCO2)c2ccccc2S1(=O)=O. The first-order valence-corrected chi connectivity index (χ1v) is 10.4. The Labute approximate surface area is 158 Å². The number of ether oxygens (including phenoxy) is 1. The lowest BCUT2D eigenvalue weighted by molar-refractivity contribution is -0.112. The van der Waals surface area contributed by atoms with Crippen LogP contribution in [0.4, 0.5) is 5.69 Å². The van der Waals surface area contributed by atoms with E-state index in [4.69, 9.17) is 4.74 Å². The Morgan fingerprint density at radius 1 is 1.07 bits per heavy atom. The highest BCUT2D eigenvalue weighted by Crippen LogP contribution is 2.38. The Morgan fingerprint density at radius 2 is 1.81 bits per heavy atom. The van der Waals surface area contributed by atoms with Crippen LogP contribution < -0.4 is 10.6 Å². The average Bonchev–Trinajstić information content (AvgIpc) is 3.26. The minimum Gasteiger partial charge on any atom is -0.381 e. The van der Waals surface area contributed by atoms with Crippen molar-refractivity contribution in [2.45, 2.75) is 23.8 Å². The number of nitrogens with one attached hydrogen (secondary N) is 2. The molecule has 2 heterocycles. The number of hydrogen-bond donors (Lipinski definition) is 2. The van der Waals surface area contributed by atoms with Crippen LogP contribution in [-0.2, 0) is 19.4 Å². The van der Waals surface area contributed by atoms with E-state index in [1.165, 1.54) is 6.07 Å². The summed E-state index contributed by atoms with van der Waals surface area (Å²) in [5.74, 6) is -0.646. The van der Waals surface area contributed by atoms with Crippen LogP contribution in [-0.4, -0.2) is 33.6 Å². The predicted octanol–water partition coefficient (Wildman–Crippen LogP) is 2.55. The normalized spacial score (nSPS) is 20.4. The lowest BCUT2D eigenvalue weighted by Gasteiger charge is -2.14. The number of carbonyl (C=O) groups excluding carboxylic acids is 1. The topological polar surface area (TPSA) is 84.5 Å². The molecule has 0 radical (unpaired) electrons. The number of sulfone groups is 1. The first-order chi connectivity index (χ1) is 13.1. The molecule has 0 unspecified atom stereocenters. The first kappa shape index (κ1) is 17.8. The van der Waals surface area contributed by atoms with Crippen molar-refractivity contribution in [1.29, 1.82) is 0 Å². The molecule has 0 saturated carbocycles. The molecule has 2 aromatic carbocycles. The van der Waals surface area contributed by atoms with E-state index < -0.39 is 15.7 Å². The van der Waals surface area contributed by atoms with Crippen molar-refractivity contribution >= 4 is 27.1 Å². The Balaban J connectivity index is 1.70. The second-order valence-electron chi connectivity index (χ2n) is 6.54. The molecule has 1 saturated heterocycles. The monoisotopic (exact) mass is 384 g/mol. The molecular weight excluding hydrogens is 364 g/mol. The highest BCUT2D eigenvalue weighted by atomic mass is 32.2. The molecule has 0 aliphatic carbocycles. The summed E-state index contributed by atoms with van der Waals surface area (Å²) in [5.41, 5.74) is 1.41. The Hall–Kier alpha value is -2.64. The molecule has 1 atom stereocenters. The van der Waals surface area contributed by atoms with Crippen molar-refractivity contribution < 1.29 is 17.9 Å². The van der Waals surface area contributed by atoms with Gasteiger partial charge in [0.15, 0.2) is 4.91 Å². The number of benzene rings is 2. The summed E-state index contributed by atoms with van der Waals surface area (Å²) in [6.45, 7) is 1.17. The summed E-state index contributed by atoms with van der Waals surface area (Å²) < 4.78 is 31.7. The highest BCUT2D eigenvalue weighted by molar-refractivity contribution is 7.97. The predicted molar refractivity (Wildman–Crippen MR) is 103 cm³/mol. The number of rotatable bonds is 5. The fourth-order valence-electron chi connectivity index (χ4n) is 3.42. The summed E-state index contributed by atoms with van der Waals surface area (Å²) in [6, 6.07) is 15.5. The number of para-hydroxylation sites is 1. The van der Waals surface area contributed by atoms with Gasteiger partial charge in [-0.05, 0) is 31.0 Å². The van der Waals surface area contributed by atoms with Gasteiger partial charge in [0.1, 0.15) is 0 Å². The minimum atomic E-state index is -3.90. The zero-order chi connectivity index (χ0) is 18.9. The molecule has 1 fully saturated rings. The molecule has 6 nitrogen and oxygen atoms in total. The maximum absolute atomic E-state index is 13.0. The Bertz CT molecular complexity index is 994. The Morgan fingerprint density at radius 3 is 2.56 bits per heavy atom. The van der Waals surface area contributed by atoms with Crippen LogP contribution in [0.5, 0.6) is 0 Å². The molecule has 0 bridgehead atoms. The van der Waals surface area contributed by atoms with Gasteiger partial charge in [-0.25, -0.2) is 8.42 Å². The van der Waals surface area contributed by atoms with Crippen molar-refractivity contribution in [3.8, 4) is 0 Å². The van der Waals surface area contributed by atoms with Gasteiger partial charge in [0.05, 0.1) is 16.7 Å². The van der Waals surface area contributed by atoms with Gasteiger partial charge in [0.25, 0.3) is 5.91 Å². The molecule has 0 spiro atoms. The maximum atomic E-state index is 13.0. The first-order valence-electron chi connectivity index (χ1n) is 8.88. The van der Waals surface area contributed by atoms with Crippen LogP contribution in [0.3, 0.4) is 0 Å². The van der Waals surface area contributed by atoms with E-state index in [0.717, 1.165) is 12.8 Å². The van der Waals surface area contributed by atoms with Gasteiger partial charge in [0, 0.05) is 24.4 Å². The van der Waals surface area contributed by atoms with Gasteiger partial charge in [-0.15, -0.1) is 0 Å². The lowest BCUT2D eigenvalue weighted by Crippen LogP contribution is -2.27. The van der Waals surface area contributed by atoms with Gasteiger partial charge in [0.2, 0.25) is 9.84 Å². The lowest BCUT2D eigenvalue weighted by atomic mass is 10.1. The number of anilines is 1. The second-order valence-corrected chi connectivity index (χ2v) is 8.39. The molecule has 27 heavy (non-hydrogen) atoms. The van der Waals surface area contributed by atoms with E-state index >= 15 is 0 Å². The third kappa shape index (κ3) is 3.36. The fraction of sp³-hybridized carbons (Fsp3) is 0.250. The molecule has 7 heteroatoms. The van der Waals surface area contributed by atoms with Crippen molar-refractivity contribution in [2.24, 2.45) is 0 Å². The summed E-state index contributed by atoms with van der Waals surface area (Å²) in [7, 11) is -3.90. The Kier molecular flexibility index (Phi) is 4.72. The highest BCUT2D eigenvalue weighted by Gasteiger charge is 2.40. The molecule has 2 aliphatic rings. The van der Waals surface area contributed by atoms with E-state index in [-0.39, 0.29) is 15.9 Å². The molecular formula is C20H20N2O4S. The molecule has 140 valence electrons. The number of fused-ring (bicyclic) bond motifs is 1. The van der Waals surface area contributed by atoms with Crippen LogP contribution >= 0.6 is 0 Å². The standard InChI is InChI=1S/C20H20N2O4S/c23-20(22-14-7-2-1-3-8-14)19-18(21-13-15-9-6-12-26-15)16-10-4-5-11-17(16)27(19,24)25/h1-5,7-8,10-11,15,21H,6,9,12-13H2,(H,22,23)/t15-/m0/s1. The van der Waals surface area contributed by atoms with Crippen LogP contribution in [0, 0.1) is 0 Å². The van der Waals surface area contributed by atoms with Gasteiger partial charge >= 0.3 is 0 Å². The van der Waals surface area contributed by atoms with Crippen molar-refractivity contribution in [2.75, 3.05) is 18.5 Å². The third-order valence-electron chi connectivity index (χ3n) is 4.71. The maximum Gasteiger partial charge on any atom is 0.269 e. The average molecular weight is 384 g/mol. The molecule has 0 aromatic heterocycles. The summed E-state index contributed by atoms with van der Waals surface area (Å²) in [5, 5.41) is 5.85. The molecule has 4 rings (SSSR count). The van der Waals surface area contributed by atoms with Crippen LogP contribution in [0.2, 0.25) is 0 Å². The second kappa shape index (κ2) is 7.17. The van der Waals surface area contributed by atoms with E-state index in [2.05, 4.69) is 10.6 Å². The van der Waals surface area contributed by atoms with Gasteiger partial charge in [-0.2, -0.15) is 0 Å². The third-order valence-corrected chi connectivity index (χ3v) is 6.57. The molecule has 2 aliphatic heterocycles. The summed E-state index contributed by atoms with van der Waals surface area (Å²) in [6.07, 6.45) is 1.92. The molecule has 2 aromatic rings. The van der Waals surface area contributed by atoms with Gasteiger partial charge < -0.3 is 15.4 Å². The van der Waals surface area contributed by atoms with E-state index in [1.807, 2.05) is 6.07 Å². The van der Waals surface area contributed by atoms with E-state index in [0.29, 0.717) is 30.1 Å². The van der Waals surface area contributed by atoms with Crippen LogP contribution in [0.1, 0.15) is 18.4 Å². The number of hydrogen-bond acceptors (Lipinski definition) is 5. The quantitative estimate of drug-likeness (QED) is 0.828. The largest absolute Gasteiger partial charge is 0.381 e. The summed E-state index contributed by atoms with van der Waals surface area (Å²) >= 11 is 0.